The maximum absolute atomic E-state index is 12.0. The molecule has 4 fully saturated rings. The summed E-state index contributed by atoms with van der Waals surface area (Å²) >= 11 is 0. The van der Waals surface area contributed by atoms with Crippen LogP contribution in [0.3, 0.4) is 0 Å². The minimum Gasteiger partial charge on any atom is -0.481 e. The predicted octanol–water partition coefficient (Wildman–Crippen LogP) is 7.01. The van der Waals surface area contributed by atoms with E-state index in [4.69, 9.17) is 27.5 Å². The molecule has 0 unspecified atom stereocenters. The Kier molecular flexibility index (Phi) is 9.72. The topological polar surface area (TPSA) is 92.7 Å². The molecule has 0 amide bonds. The first-order valence-electron chi connectivity index (χ1n) is 16.2. The van der Waals surface area contributed by atoms with Crippen LogP contribution >= 0.6 is 0 Å². The van der Waals surface area contributed by atoms with E-state index in [1.54, 1.807) is 0 Å². The largest absolute Gasteiger partial charge is 0.481 e. The second-order valence-corrected chi connectivity index (χ2v) is 24.9. The van der Waals surface area contributed by atoms with Crippen LogP contribution < -0.4 is 0 Å². The van der Waals surface area contributed by atoms with Crippen LogP contribution in [-0.2, 0) is 32.3 Å². The number of hydrogen-bond donors (Lipinski definition) is 1. The molecule has 4 rings (SSSR count). The van der Waals surface area contributed by atoms with Gasteiger partial charge in [-0.15, -0.1) is 0 Å². The maximum Gasteiger partial charge on any atom is 0.349 e. The van der Waals surface area contributed by atoms with Gasteiger partial charge >= 0.3 is 14.5 Å². The quantitative estimate of drug-likeness (QED) is 0.306. The summed E-state index contributed by atoms with van der Waals surface area (Å²) in [6, 6.07) is 3.05. The Morgan fingerprint density at radius 1 is 0.927 bits per heavy atom. The van der Waals surface area contributed by atoms with Crippen molar-refractivity contribution in [3.8, 4) is 0 Å². The monoisotopic (exact) mass is 614 g/mol. The zero-order chi connectivity index (χ0) is 30.6. The van der Waals surface area contributed by atoms with Crippen LogP contribution in [0.5, 0.6) is 0 Å². The zero-order valence-electron chi connectivity index (χ0n) is 27.6. The smallest absolute Gasteiger partial charge is 0.349 e. The summed E-state index contributed by atoms with van der Waals surface area (Å²) in [4.78, 5) is 12.0. The molecule has 0 aliphatic carbocycles. The van der Waals surface area contributed by atoms with Gasteiger partial charge in [-0.3, -0.25) is 4.79 Å². The number of hydrogen-bond acceptors (Lipinski definition) is 7. The van der Waals surface area contributed by atoms with Crippen molar-refractivity contribution in [1.29, 1.82) is 0 Å². The van der Waals surface area contributed by atoms with Gasteiger partial charge in [0, 0.05) is 29.3 Å². The zero-order valence-corrected chi connectivity index (χ0v) is 29.6. The fourth-order valence-electron chi connectivity index (χ4n) is 8.45. The first-order valence-corrected chi connectivity index (χ1v) is 20.5. The Bertz CT molecular complexity index is 906. The van der Waals surface area contributed by atoms with Crippen molar-refractivity contribution < 1.29 is 37.4 Å². The average Bonchev–Trinajstić information content (AvgIpc) is 2.86. The molecule has 1 spiro atoms. The highest BCUT2D eigenvalue weighted by Gasteiger charge is 2.64. The molecule has 0 radical (unpaired) electrons. The highest BCUT2D eigenvalue weighted by atomic mass is 28.4. The molecule has 0 aromatic heterocycles. The van der Waals surface area contributed by atoms with Gasteiger partial charge in [0.2, 0.25) is 0 Å². The molecule has 4 aliphatic heterocycles. The summed E-state index contributed by atoms with van der Waals surface area (Å²) in [6.07, 6.45) is 0.738. The normalized spacial score (nSPS) is 39.7. The molecule has 4 heterocycles. The maximum atomic E-state index is 12.0. The summed E-state index contributed by atoms with van der Waals surface area (Å²) in [5, 5.41) is 9.65. The summed E-state index contributed by atoms with van der Waals surface area (Å²) in [7, 11) is -4.61. The first-order chi connectivity index (χ1) is 18.9. The molecule has 1 N–H and O–H groups in total. The number of carboxylic acids is 1. The standard InChI is InChI=1S/C31H58O8Si2/c1-12-40(13-2,14-3)39-28-21(5)18-31(37-24(28)16-26(32)33)17-20(4)27-23(36-31)15-22-25(35-27)19-34-41(38-22,29(6,7)8)30(9,10)11/h20-25,27-28H,12-19H2,1-11H3,(H,32,33)/t20-,21-,22+,23-,24-,25+,27-,28-,31+/m0/s1. The second kappa shape index (κ2) is 11.9. The molecule has 0 bridgehead atoms. The van der Waals surface area contributed by atoms with E-state index in [0.29, 0.717) is 19.4 Å². The number of aliphatic carboxylic acids is 1. The van der Waals surface area contributed by atoms with Crippen LogP contribution in [0.4, 0.5) is 0 Å². The van der Waals surface area contributed by atoms with Crippen molar-refractivity contribution in [1.82, 2.24) is 0 Å². The number of rotatable bonds is 7. The number of carbonyl (C=O) groups is 1. The summed E-state index contributed by atoms with van der Waals surface area (Å²) < 4.78 is 41.0. The Labute approximate surface area is 250 Å². The van der Waals surface area contributed by atoms with Gasteiger partial charge in [0.1, 0.15) is 6.10 Å². The van der Waals surface area contributed by atoms with Crippen LogP contribution in [0, 0.1) is 11.8 Å². The third-order valence-electron chi connectivity index (χ3n) is 10.5. The van der Waals surface area contributed by atoms with Gasteiger partial charge in [-0.25, -0.2) is 0 Å². The SMILES string of the molecule is CC[Si](CC)(CC)O[C@@H]1[C@H](CC(=O)O)O[C@]2(C[C@H](C)[C@@H]3O[C@@H]4CO[Si](C(C)(C)C)(C(C)(C)C)O[C@@H]4C[C@@H]3O2)C[C@@H]1C. The van der Waals surface area contributed by atoms with Crippen molar-refractivity contribution in [3.05, 3.63) is 0 Å². The third kappa shape index (κ3) is 6.28. The lowest BCUT2D eigenvalue weighted by molar-refractivity contribution is -0.376. The molecular formula is C31H58O8Si2. The number of carboxylic acid groups (broad SMARTS) is 1. The van der Waals surface area contributed by atoms with E-state index in [-0.39, 0.29) is 58.9 Å². The van der Waals surface area contributed by atoms with E-state index in [2.05, 4.69) is 76.2 Å². The molecule has 0 aromatic rings. The molecule has 41 heavy (non-hydrogen) atoms. The predicted molar refractivity (Wildman–Crippen MR) is 164 cm³/mol. The fraction of sp³-hybridized carbons (Fsp3) is 0.968. The summed E-state index contributed by atoms with van der Waals surface area (Å²) in [5.41, 5.74) is 0. The lowest BCUT2D eigenvalue weighted by Crippen LogP contribution is -2.69. The van der Waals surface area contributed by atoms with E-state index in [9.17, 15) is 9.90 Å². The van der Waals surface area contributed by atoms with Gasteiger partial charge in [0.05, 0.1) is 43.5 Å². The lowest BCUT2D eigenvalue weighted by Gasteiger charge is -2.60. The molecule has 238 valence electrons. The van der Waals surface area contributed by atoms with Crippen LogP contribution in [-0.4, -0.2) is 77.0 Å². The van der Waals surface area contributed by atoms with Crippen LogP contribution in [0.15, 0.2) is 0 Å². The fourth-order valence-corrected chi connectivity index (χ4v) is 16.4. The van der Waals surface area contributed by atoms with Crippen molar-refractivity contribution in [2.24, 2.45) is 11.8 Å². The van der Waals surface area contributed by atoms with Crippen molar-refractivity contribution in [3.63, 3.8) is 0 Å². The van der Waals surface area contributed by atoms with E-state index < -0.39 is 34.7 Å². The number of fused-ring (bicyclic) bond motifs is 2. The van der Waals surface area contributed by atoms with Crippen molar-refractivity contribution >= 4 is 22.8 Å². The van der Waals surface area contributed by atoms with Gasteiger partial charge in [0.15, 0.2) is 14.1 Å². The molecule has 10 heteroatoms. The van der Waals surface area contributed by atoms with Crippen molar-refractivity contribution in [2.75, 3.05) is 6.61 Å². The Hall–Kier alpha value is -0.336. The van der Waals surface area contributed by atoms with Gasteiger partial charge in [0.25, 0.3) is 0 Å². The molecular weight excluding hydrogens is 557 g/mol. The van der Waals surface area contributed by atoms with Crippen LogP contribution in [0.1, 0.15) is 102 Å². The van der Waals surface area contributed by atoms with Gasteiger partial charge in [-0.1, -0.05) is 76.2 Å². The first kappa shape index (κ1) is 33.6. The highest BCUT2D eigenvalue weighted by Crippen LogP contribution is 2.56. The second-order valence-electron chi connectivity index (χ2n) is 15.5. The molecule has 0 saturated carbocycles. The van der Waals surface area contributed by atoms with Crippen LogP contribution in [0.2, 0.25) is 28.2 Å². The van der Waals surface area contributed by atoms with Gasteiger partial charge in [-0.05, 0) is 30.0 Å². The third-order valence-corrected chi connectivity index (χ3v) is 20.3. The van der Waals surface area contributed by atoms with Gasteiger partial charge in [-0.2, -0.15) is 0 Å². The van der Waals surface area contributed by atoms with Gasteiger partial charge < -0.3 is 32.6 Å². The van der Waals surface area contributed by atoms with Crippen molar-refractivity contribution in [2.45, 2.75) is 172 Å². The summed E-state index contributed by atoms with van der Waals surface area (Å²) in [6.45, 7) is 25.0. The molecule has 4 aliphatic rings. The van der Waals surface area contributed by atoms with E-state index in [1.165, 1.54) is 0 Å². The Morgan fingerprint density at radius 3 is 2.05 bits per heavy atom. The molecule has 0 aromatic carbocycles. The lowest BCUT2D eigenvalue weighted by atomic mass is 9.78. The number of ether oxygens (including phenoxy) is 3. The molecule has 8 nitrogen and oxygen atoms in total. The average molecular weight is 615 g/mol. The van der Waals surface area contributed by atoms with E-state index >= 15 is 0 Å². The minimum atomic E-state index is -2.64. The molecule has 9 atom stereocenters. The summed E-state index contributed by atoms with van der Waals surface area (Å²) in [5.74, 6) is -1.41. The Balaban J connectivity index is 1.57. The van der Waals surface area contributed by atoms with E-state index in [1.807, 2.05) is 0 Å². The Morgan fingerprint density at radius 2 is 1.51 bits per heavy atom. The highest BCUT2D eigenvalue weighted by molar-refractivity contribution is 6.74. The molecule has 4 saturated heterocycles. The van der Waals surface area contributed by atoms with Crippen LogP contribution in [0.25, 0.3) is 0 Å². The minimum absolute atomic E-state index is 0.0707. The van der Waals surface area contributed by atoms with E-state index in [0.717, 1.165) is 24.6 Å².